The second-order valence-corrected chi connectivity index (χ2v) is 5.34. The fourth-order valence-corrected chi connectivity index (χ4v) is 2.32. The maximum absolute atomic E-state index is 11.6. The molecule has 1 N–H and O–H groups in total. The Labute approximate surface area is 128 Å². The van der Waals surface area contributed by atoms with Gasteiger partial charge >= 0.3 is 5.97 Å². The van der Waals surface area contributed by atoms with Crippen LogP contribution < -0.4 is 0 Å². The quantitative estimate of drug-likeness (QED) is 0.919. The van der Waals surface area contributed by atoms with E-state index in [-0.39, 0.29) is 0 Å². The van der Waals surface area contributed by atoms with Crippen LogP contribution in [0.25, 0.3) is 0 Å². The van der Waals surface area contributed by atoms with Crippen LogP contribution in [0.2, 0.25) is 5.02 Å². The van der Waals surface area contributed by atoms with Gasteiger partial charge in [0, 0.05) is 10.7 Å². The summed E-state index contributed by atoms with van der Waals surface area (Å²) in [5, 5.41) is 10.1. The molecule has 1 aromatic carbocycles. The van der Waals surface area contributed by atoms with Gasteiger partial charge in [0.15, 0.2) is 0 Å². The van der Waals surface area contributed by atoms with E-state index in [2.05, 4.69) is 9.97 Å². The molecule has 1 heterocycles. The van der Waals surface area contributed by atoms with E-state index in [1.54, 1.807) is 25.1 Å². The first-order valence-electron chi connectivity index (χ1n) is 6.81. The maximum Gasteiger partial charge on any atom is 0.312 e. The molecule has 0 radical (unpaired) electrons. The number of carboxylic acids is 1. The third kappa shape index (κ3) is 4.02. The van der Waals surface area contributed by atoms with E-state index in [0.717, 1.165) is 17.7 Å². The molecule has 2 rings (SSSR count). The normalized spacial score (nSPS) is 12.1. The maximum atomic E-state index is 11.6. The van der Waals surface area contributed by atoms with Gasteiger partial charge in [0.2, 0.25) is 0 Å². The highest BCUT2D eigenvalue weighted by Crippen LogP contribution is 2.22. The molecule has 0 aliphatic carbocycles. The van der Waals surface area contributed by atoms with E-state index in [1.165, 1.54) is 0 Å². The Kier molecular flexibility index (Phi) is 4.91. The van der Waals surface area contributed by atoms with Crippen LogP contribution in [0.3, 0.4) is 0 Å². The highest BCUT2D eigenvalue weighted by Gasteiger charge is 2.22. The fourth-order valence-electron chi connectivity index (χ4n) is 2.19. The Hall–Kier alpha value is -1.94. The van der Waals surface area contributed by atoms with Gasteiger partial charge in [0.1, 0.15) is 11.7 Å². The predicted octanol–water partition coefficient (Wildman–Crippen LogP) is 3.41. The lowest BCUT2D eigenvalue weighted by Gasteiger charge is -2.13. The molecule has 5 heteroatoms. The lowest BCUT2D eigenvalue weighted by atomic mass is 9.95. The molecule has 0 saturated heterocycles. The Bertz CT molecular complexity index is 641. The van der Waals surface area contributed by atoms with Crippen LogP contribution in [0.1, 0.15) is 35.6 Å². The number of rotatable bonds is 5. The highest BCUT2D eigenvalue weighted by molar-refractivity contribution is 6.30. The summed E-state index contributed by atoms with van der Waals surface area (Å²) in [5.41, 5.74) is 2.34. The van der Waals surface area contributed by atoms with Crippen LogP contribution in [0.15, 0.2) is 30.3 Å². The molecule has 0 amide bonds. The van der Waals surface area contributed by atoms with Crippen molar-refractivity contribution in [1.82, 2.24) is 9.97 Å². The topological polar surface area (TPSA) is 63.1 Å². The lowest BCUT2D eigenvalue weighted by molar-refractivity contribution is -0.138. The van der Waals surface area contributed by atoms with Gasteiger partial charge in [-0.2, -0.15) is 0 Å². The number of benzene rings is 1. The average Bonchev–Trinajstić information content (AvgIpc) is 2.45. The second-order valence-electron chi connectivity index (χ2n) is 4.91. The van der Waals surface area contributed by atoms with Crippen molar-refractivity contribution >= 4 is 17.6 Å². The van der Waals surface area contributed by atoms with Crippen molar-refractivity contribution in [3.8, 4) is 0 Å². The van der Waals surface area contributed by atoms with Gasteiger partial charge < -0.3 is 5.11 Å². The minimum Gasteiger partial charge on any atom is -0.481 e. The Balaban J connectivity index is 2.32. The molecular formula is C16H17ClN2O2. The van der Waals surface area contributed by atoms with Crippen molar-refractivity contribution in [2.24, 2.45) is 0 Å². The number of carbonyl (C=O) groups is 1. The summed E-state index contributed by atoms with van der Waals surface area (Å²) in [6.07, 6.45) is 1.13. The van der Waals surface area contributed by atoms with Gasteiger partial charge in [-0.05, 0) is 43.5 Å². The molecule has 0 spiro atoms. The van der Waals surface area contributed by atoms with Gasteiger partial charge in [-0.15, -0.1) is 0 Å². The number of nitrogens with zero attached hydrogens (tertiary/aromatic N) is 2. The Morgan fingerprint density at radius 3 is 2.52 bits per heavy atom. The third-order valence-electron chi connectivity index (χ3n) is 3.28. The number of hydrogen-bond acceptors (Lipinski definition) is 3. The molecule has 1 unspecified atom stereocenters. The zero-order valence-electron chi connectivity index (χ0n) is 12.0. The van der Waals surface area contributed by atoms with Crippen molar-refractivity contribution < 1.29 is 9.90 Å². The smallest absolute Gasteiger partial charge is 0.312 e. The molecule has 0 aliphatic rings. The summed E-state index contributed by atoms with van der Waals surface area (Å²) in [7, 11) is 0. The van der Waals surface area contributed by atoms with Crippen molar-refractivity contribution in [1.29, 1.82) is 0 Å². The largest absolute Gasteiger partial charge is 0.481 e. The second kappa shape index (κ2) is 6.68. The number of halogens is 1. The summed E-state index contributed by atoms with van der Waals surface area (Å²) in [6.45, 7) is 3.77. The third-order valence-corrected chi connectivity index (χ3v) is 3.53. The summed E-state index contributed by atoms with van der Waals surface area (Å²) in [4.78, 5) is 20.2. The summed E-state index contributed by atoms with van der Waals surface area (Å²) in [6, 6.07) is 8.98. The number of aromatic nitrogens is 2. The first-order chi connectivity index (χ1) is 9.99. The first-order valence-corrected chi connectivity index (χ1v) is 7.19. The molecule has 110 valence electrons. The number of aliphatic carboxylic acids is 1. The minimum atomic E-state index is -0.884. The van der Waals surface area contributed by atoms with E-state index in [0.29, 0.717) is 23.0 Å². The SMILES string of the molecule is CCc1cc(C(Cc2ccc(Cl)cc2)C(=O)O)nc(C)n1. The fraction of sp³-hybridized carbons (Fsp3) is 0.312. The van der Waals surface area contributed by atoms with Gasteiger partial charge in [-0.3, -0.25) is 4.79 Å². The van der Waals surface area contributed by atoms with Crippen molar-refractivity contribution in [3.63, 3.8) is 0 Å². The molecule has 1 atom stereocenters. The molecule has 1 aromatic heterocycles. The number of hydrogen-bond donors (Lipinski definition) is 1. The standard InChI is InChI=1S/C16H17ClN2O2/c1-3-13-9-15(19-10(2)18-13)14(16(20)21)8-11-4-6-12(17)7-5-11/h4-7,9,14H,3,8H2,1-2H3,(H,20,21). The van der Waals surface area contributed by atoms with Crippen LogP contribution >= 0.6 is 11.6 Å². The van der Waals surface area contributed by atoms with Crippen LogP contribution in [-0.2, 0) is 17.6 Å². The Morgan fingerprint density at radius 1 is 1.29 bits per heavy atom. The minimum absolute atomic E-state index is 0.381. The Morgan fingerprint density at radius 2 is 1.95 bits per heavy atom. The first kappa shape index (κ1) is 15.4. The van der Waals surface area contributed by atoms with E-state index in [1.807, 2.05) is 19.1 Å². The summed E-state index contributed by atoms with van der Waals surface area (Å²) >= 11 is 5.85. The van der Waals surface area contributed by atoms with E-state index in [9.17, 15) is 9.90 Å². The molecule has 0 saturated carbocycles. The average molecular weight is 305 g/mol. The summed E-state index contributed by atoms with van der Waals surface area (Å²) in [5.74, 6) is -0.963. The molecule has 4 nitrogen and oxygen atoms in total. The van der Waals surface area contributed by atoms with Crippen molar-refractivity contribution in [2.75, 3.05) is 0 Å². The van der Waals surface area contributed by atoms with Crippen LogP contribution in [0.5, 0.6) is 0 Å². The van der Waals surface area contributed by atoms with Gasteiger partial charge in [0.25, 0.3) is 0 Å². The number of aryl methyl sites for hydroxylation is 2. The summed E-state index contributed by atoms with van der Waals surface area (Å²) < 4.78 is 0. The molecule has 0 aliphatic heterocycles. The van der Waals surface area contributed by atoms with Crippen molar-refractivity contribution in [3.05, 3.63) is 58.1 Å². The van der Waals surface area contributed by atoms with Crippen LogP contribution in [0.4, 0.5) is 0 Å². The predicted molar refractivity (Wildman–Crippen MR) is 81.7 cm³/mol. The van der Waals surface area contributed by atoms with E-state index >= 15 is 0 Å². The zero-order chi connectivity index (χ0) is 15.4. The highest BCUT2D eigenvalue weighted by atomic mass is 35.5. The van der Waals surface area contributed by atoms with Gasteiger partial charge in [-0.1, -0.05) is 30.7 Å². The molecular weight excluding hydrogens is 288 g/mol. The van der Waals surface area contributed by atoms with Crippen molar-refractivity contribution in [2.45, 2.75) is 32.6 Å². The molecule has 0 fully saturated rings. The van der Waals surface area contributed by atoms with Crippen LogP contribution in [-0.4, -0.2) is 21.0 Å². The van der Waals surface area contributed by atoms with Gasteiger partial charge in [0.05, 0.1) is 5.69 Å². The molecule has 21 heavy (non-hydrogen) atoms. The monoisotopic (exact) mass is 304 g/mol. The van der Waals surface area contributed by atoms with Gasteiger partial charge in [-0.25, -0.2) is 9.97 Å². The lowest BCUT2D eigenvalue weighted by Crippen LogP contribution is -2.17. The molecule has 0 bridgehead atoms. The number of carboxylic acid groups (broad SMARTS) is 1. The van der Waals surface area contributed by atoms with E-state index in [4.69, 9.17) is 11.6 Å². The van der Waals surface area contributed by atoms with Crippen LogP contribution in [0, 0.1) is 6.92 Å². The molecule has 2 aromatic rings. The van der Waals surface area contributed by atoms with E-state index < -0.39 is 11.9 Å². The zero-order valence-corrected chi connectivity index (χ0v) is 12.8.